The van der Waals surface area contributed by atoms with Crippen LogP contribution in [0.3, 0.4) is 0 Å². The molecule has 0 radical (unpaired) electrons. The summed E-state index contributed by atoms with van der Waals surface area (Å²) in [6.07, 6.45) is 2.28. The minimum absolute atomic E-state index is 0.261. The number of hydrogen-bond acceptors (Lipinski definition) is 6. The third-order valence-corrected chi connectivity index (χ3v) is 5.48. The molecule has 0 unspecified atom stereocenters. The van der Waals surface area contributed by atoms with Crippen molar-refractivity contribution in [3.05, 3.63) is 41.0 Å². The van der Waals surface area contributed by atoms with Gasteiger partial charge in [-0.1, -0.05) is 16.8 Å². The highest BCUT2D eigenvalue weighted by molar-refractivity contribution is 6.30. The molecule has 0 aliphatic carbocycles. The van der Waals surface area contributed by atoms with Crippen molar-refractivity contribution in [1.82, 2.24) is 20.7 Å². The van der Waals surface area contributed by atoms with E-state index in [4.69, 9.17) is 20.9 Å². The molecule has 1 saturated heterocycles. The topological polar surface area (TPSA) is 96.7 Å². The van der Waals surface area contributed by atoms with Crippen LogP contribution >= 0.6 is 11.6 Å². The van der Waals surface area contributed by atoms with Crippen LogP contribution in [-0.2, 0) is 16.0 Å². The van der Waals surface area contributed by atoms with Gasteiger partial charge < -0.3 is 24.8 Å². The van der Waals surface area contributed by atoms with Crippen LogP contribution in [0.2, 0.25) is 5.02 Å². The zero-order valence-corrected chi connectivity index (χ0v) is 17.8. The van der Waals surface area contributed by atoms with E-state index in [2.05, 4.69) is 20.7 Å². The van der Waals surface area contributed by atoms with E-state index >= 15 is 0 Å². The first-order chi connectivity index (χ1) is 14.5. The standard InChI is InChI=1S/C21H27ClN4O4/c1-23-20(27)14-29-21(28)24-13-15-6-9-26(10-7-15)11-8-18-12-19(30-25-18)16-2-4-17(22)5-3-16/h2-5,12,15H,6-11,13-14H2,1H3,(H,23,27)(H,24,28). The fraction of sp³-hybridized carbons (Fsp3) is 0.476. The lowest BCUT2D eigenvalue weighted by Crippen LogP contribution is -2.40. The second-order valence-electron chi connectivity index (χ2n) is 7.35. The number of carbonyl (C=O) groups excluding carboxylic acids is 2. The van der Waals surface area contributed by atoms with Crippen molar-refractivity contribution in [3.63, 3.8) is 0 Å². The Morgan fingerprint density at radius 3 is 2.70 bits per heavy atom. The number of likely N-dealkylation sites (tertiary alicyclic amines) is 1. The first-order valence-corrected chi connectivity index (χ1v) is 10.5. The number of nitrogens with one attached hydrogen (secondary N) is 2. The molecule has 1 aromatic heterocycles. The van der Waals surface area contributed by atoms with Gasteiger partial charge >= 0.3 is 6.09 Å². The highest BCUT2D eigenvalue weighted by atomic mass is 35.5. The zero-order valence-electron chi connectivity index (χ0n) is 17.0. The maximum absolute atomic E-state index is 11.6. The van der Waals surface area contributed by atoms with Gasteiger partial charge in [-0.05, 0) is 56.1 Å². The van der Waals surface area contributed by atoms with Crippen molar-refractivity contribution in [1.29, 1.82) is 0 Å². The lowest BCUT2D eigenvalue weighted by molar-refractivity contribution is -0.123. The largest absolute Gasteiger partial charge is 0.439 e. The van der Waals surface area contributed by atoms with E-state index < -0.39 is 6.09 Å². The van der Waals surface area contributed by atoms with Gasteiger partial charge in [0, 0.05) is 43.2 Å². The smallest absolute Gasteiger partial charge is 0.407 e. The number of likely N-dealkylation sites (N-methyl/N-ethyl adjacent to an activating group) is 1. The molecule has 2 aromatic rings. The highest BCUT2D eigenvalue weighted by Gasteiger charge is 2.20. The fourth-order valence-corrected chi connectivity index (χ4v) is 3.47. The second-order valence-corrected chi connectivity index (χ2v) is 7.79. The van der Waals surface area contributed by atoms with Crippen LogP contribution in [0.25, 0.3) is 11.3 Å². The van der Waals surface area contributed by atoms with Crippen LogP contribution in [0, 0.1) is 5.92 Å². The zero-order chi connectivity index (χ0) is 21.3. The molecule has 1 aliphatic heterocycles. The second kappa shape index (κ2) is 11.0. The number of benzene rings is 1. The van der Waals surface area contributed by atoms with E-state index in [1.54, 1.807) is 0 Å². The molecule has 162 valence electrons. The van der Waals surface area contributed by atoms with Gasteiger partial charge in [0.25, 0.3) is 5.91 Å². The predicted molar refractivity (Wildman–Crippen MR) is 113 cm³/mol. The summed E-state index contributed by atoms with van der Waals surface area (Å²) in [6.45, 7) is 3.17. The van der Waals surface area contributed by atoms with Crippen LogP contribution in [0.4, 0.5) is 4.79 Å². The van der Waals surface area contributed by atoms with E-state index in [1.165, 1.54) is 7.05 Å². The van der Waals surface area contributed by atoms with E-state index in [0.29, 0.717) is 17.5 Å². The van der Waals surface area contributed by atoms with Gasteiger partial charge in [0.15, 0.2) is 12.4 Å². The highest BCUT2D eigenvalue weighted by Crippen LogP contribution is 2.23. The van der Waals surface area contributed by atoms with Crippen LogP contribution in [0.1, 0.15) is 18.5 Å². The number of nitrogens with zero attached hydrogens (tertiary/aromatic N) is 2. The average Bonchev–Trinajstić information content (AvgIpc) is 3.24. The van der Waals surface area contributed by atoms with E-state index in [-0.39, 0.29) is 12.5 Å². The molecule has 0 spiro atoms. The number of halogens is 1. The Labute approximate surface area is 180 Å². The van der Waals surface area contributed by atoms with Gasteiger partial charge in [-0.3, -0.25) is 4.79 Å². The van der Waals surface area contributed by atoms with Gasteiger partial charge in [-0.15, -0.1) is 0 Å². The summed E-state index contributed by atoms with van der Waals surface area (Å²) in [5.74, 6) is 0.831. The number of aromatic nitrogens is 1. The van der Waals surface area contributed by atoms with E-state index in [1.807, 2.05) is 30.3 Å². The first-order valence-electron chi connectivity index (χ1n) is 10.1. The molecule has 1 fully saturated rings. The molecule has 1 aromatic carbocycles. The van der Waals surface area contributed by atoms with Gasteiger partial charge in [0.05, 0.1) is 5.69 Å². The molecule has 30 heavy (non-hydrogen) atoms. The minimum Gasteiger partial charge on any atom is -0.439 e. The maximum Gasteiger partial charge on any atom is 0.407 e. The van der Waals surface area contributed by atoms with Crippen molar-refractivity contribution < 1.29 is 18.8 Å². The lowest BCUT2D eigenvalue weighted by atomic mass is 9.96. The summed E-state index contributed by atoms with van der Waals surface area (Å²) in [6, 6.07) is 9.48. The predicted octanol–water partition coefficient (Wildman–Crippen LogP) is 2.72. The lowest BCUT2D eigenvalue weighted by Gasteiger charge is -2.31. The first kappa shape index (κ1) is 22.1. The Morgan fingerprint density at radius 1 is 1.27 bits per heavy atom. The summed E-state index contributed by atoms with van der Waals surface area (Å²) in [4.78, 5) is 25.1. The molecule has 2 heterocycles. The molecule has 0 saturated carbocycles. The Hall–Kier alpha value is -2.58. The molecule has 2 amide bonds. The van der Waals surface area contributed by atoms with E-state index in [9.17, 15) is 9.59 Å². The van der Waals surface area contributed by atoms with Gasteiger partial charge in [0.1, 0.15) is 0 Å². The number of piperidine rings is 1. The molecule has 0 atom stereocenters. The number of alkyl carbamates (subject to hydrolysis) is 1. The third kappa shape index (κ3) is 6.74. The number of amides is 2. The van der Waals surface area contributed by atoms with Crippen molar-refractivity contribution in [2.45, 2.75) is 19.3 Å². The fourth-order valence-electron chi connectivity index (χ4n) is 3.35. The normalized spacial score (nSPS) is 15.0. The Bertz CT molecular complexity index is 832. The quantitative estimate of drug-likeness (QED) is 0.663. The average molecular weight is 435 g/mol. The van der Waals surface area contributed by atoms with Crippen LogP contribution in [0.15, 0.2) is 34.9 Å². The molecule has 8 nitrogen and oxygen atoms in total. The minimum atomic E-state index is -0.552. The molecule has 2 N–H and O–H groups in total. The van der Waals surface area contributed by atoms with Crippen LogP contribution in [-0.4, -0.2) is 61.9 Å². The summed E-state index contributed by atoms with van der Waals surface area (Å²) in [7, 11) is 1.50. The van der Waals surface area contributed by atoms with Crippen LogP contribution in [0.5, 0.6) is 0 Å². The number of hydrogen-bond donors (Lipinski definition) is 2. The Kier molecular flexibility index (Phi) is 8.10. The summed E-state index contributed by atoms with van der Waals surface area (Å²) >= 11 is 5.92. The van der Waals surface area contributed by atoms with Crippen LogP contribution < -0.4 is 10.6 Å². The Balaban J connectivity index is 1.34. The molecule has 0 bridgehead atoms. The monoisotopic (exact) mass is 434 g/mol. The van der Waals surface area contributed by atoms with Crippen molar-refractivity contribution in [2.24, 2.45) is 5.92 Å². The van der Waals surface area contributed by atoms with Gasteiger partial charge in [-0.25, -0.2) is 4.79 Å². The number of carbonyl (C=O) groups is 2. The summed E-state index contributed by atoms with van der Waals surface area (Å²) in [5.41, 5.74) is 1.89. The molecule has 3 rings (SSSR count). The molecular formula is C21H27ClN4O4. The maximum atomic E-state index is 11.6. The molecular weight excluding hydrogens is 408 g/mol. The Morgan fingerprint density at radius 2 is 2.00 bits per heavy atom. The summed E-state index contributed by atoms with van der Waals surface area (Å²) in [5, 5.41) is 10.0. The van der Waals surface area contributed by atoms with E-state index in [0.717, 1.165) is 55.9 Å². The van der Waals surface area contributed by atoms with Crippen molar-refractivity contribution >= 4 is 23.6 Å². The third-order valence-electron chi connectivity index (χ3n) is 5.23. The SMILES string of the molecule is CNC(=O)COC(=O)NCC1CCN(CCc2cc(-c3ccc(Cl)cc3)on2)CC1. The number of ether oxygens (including phenoxy) is 1. The summed E-state index contributed by atoms with van der Waals surface area (Å²) < 4.78 is 10.3. The van der Waals surface area contributed by atoms with Crippen molar-refractivity contribution in [2.75, 3.05) is 39.8 Å². The molecule has 9 heteroatoms. The molecule has 1 aliphatic rings. The van der Waals surface area contributed by atoms with Gasteiger partial charge in [0.2, 0.25) is 0 Å². The number of rotatable bonds is 8. The van der Waals surface area contributed by atoms with Gasteiger partial charge in [-0.2, -0.15) is 0 Å². The van der Waals surface area contributed by atoms with Crippen molar-refractivity contribution in [3.8, 4) is 11.3 Å².